The molecule has 1 unspecified atom stereocenters. The summed E-state index contributed by atoms with van der Waals surface area (Å²) in [5.74, 6) is 1.37. The fraction of sp³-hybridized carbons (Fsp3) is 0.316. The molecule has 4 rings (SSSR count). The Morgan fingerprint density at radius 1 is 1.18 bits per heavy atom. The SMILES string of the molecule is Cc1cccnc1Nc1cccc(C2CCCN2S(=O)(=O)c2cn(C)cn2)n1. The van der Waals surface area contributed by atoms with E-state index in [4.69, 9.17) is 0 Å². The monoisotopic (exact) mass is 398 g/mol. The number of anilines is 2. The van der Waals surface area contributed by atoms with Crippen molar-refractivity contribution in [3.8, 4) is 0 Å². The van der Waals surface area contributed by atoms with Crippen LogP contribution in [0.5, 0.6) is 0 Å². The summed E-state index contributed by atoms with van der Waals surface area (Å²) in [6, 6.07) is 9.14. The quantitative estimate of drug-likeness (QED) is 0.710. The van der Waals surface area contributed by atoms with Gasteiger partial charge in [-0.2, -0.15) is 4.31 Å². The number of sulfonamides is 1. The summed E-state index contributed by atoms with van der Waals surface area (Å²) < 4.78 is 29.2. The van der Waals surface area contributed by atoms with E-state index in [-0.39, 0.29) is 11.1 Å². The minimum absolute atomic E-state index is 0.0697. The first-order valence-electron chi connectivity index (χ1n) is 9.10. The number of nitrogens with one attached hydrogen (secondary N) is 1. The van der Waals surface area contributed by atoms with Crippen LogP contribution < -0.4 is 5.32 Å². The highest BCUT2D eigenvalue weighted by atomic mass is 32.2. The zero-order valence-corrected chi connectivity index (χ0v) is 16.6. The van der Waals surface area contributed by atoms with E-state index in [1.54, 1.807) is 17.8 Å². The van der Waals surface area contributed by atoms with E-state index in [0.717, 1.165) is 29.9 Å². The van der Waals surface area contributed by atoms with Gasteiger partial charge in [0.25, 0.3) is 10.0 Å². The van der Waals surface area contributed by atoms with Gasteiger partial charge in [-0.3, -0.25) is 0 Å². The van der Waals surface area contributed by atoms with E-state index in [2.05, 4.69) is 20.3 Å². The van der Waals surface area contributed by atoms with Crippen LogP contribution >= 0.6 is 0 Å². The highest BCUT2D eigenvalue weighted by molar-refractivity contribution is 7.89. The largest absolute Gasteiger partial charge is 0.339 e. The first-order valence-corrected chi connectivity index (χ1v) is 10.5. The van der Waals surface area contributed by atoms with Crippen molar-refractivity contribution in [2.45, 2.75) is 30.8 Å². The second kappa shape index (κ2) is 7.33. The van der Waals surface area contributed by atoms with Crippen molar-refractivity contribution in [2.24, 2.45) is 7.05 Å². The van der Waals surface area contributed by atoms with Crippen LogP contribution in [0.4, 0.5) is 11.6 Å². The van der Waals surface area contributed by atoms with Crippen molar-refractivity contribution in [2.75, 3.05) is 11.9 Å². The molecular formula is C19H22N6O2S. The molecule has 9 heteroatoms. The van der Waals surface area contributed by atoms with E-state index < -0.39 is 10.0 Å². The number of aryl methyl sites for hydroxylation is 2. The molecule has 1 fully saturated rings. The number of rotatable bonds is 5. The third-order valence-corrected chi connectivity index (χ3v) is 6.62. The van der Waals surface area contributed by atoms with Gasteiger partial charge in [-0.05, 0) is 43.5 Å². The Morgan fingerprint density at radius 2 is 2.04 bits per heavy atom. The fourth-order valence-corrected chi connectivity index (χ4v) is 5.05. The van der Waals surface area contributed by atoms with Crippen molar-refractivity contribution in [3.63, 3.8) is 0 Å². The second-order valence-corrected chi connectivity index (χ2v) is 8.73. The minimum atomic E-state index is -3.67. The lowest BCUT2D eigenvalue weighted by atomic mass is 10.1. The Bertz CT molecular complexity index is 1100. The standard InChI is InChI=1S/C19H22N6O2S/c1-14-6-4-10-20-19(14)23-17-9-3-7-15(22-17)16-8-5-11-25(16)28(26,27)18-12-24(2)13-21-18/h3-4,6-7,9-10,12-13,16H,5,8,11H2,1-2H3,(H,20,22,23). The molecule has 3 aromatic rings. The Balaban J connectivity index is 1.62. The molecular weight excluding hydrogens is 376 g/mol. The van der Waals surface area contributed by atoms with Gasteiger partial charge >= 0.3 is 0 Å². The molecule has 0 spiro atoms. The molecule has 146 valence electrons. The molecule has 0 aliphatic carbocycles. The molecule has 4 heterocycles. The molecule has 1 aliphatic heterocycles. The van der Waals surface area contributed by atoms with Crippen LogP contribution in [0.2, 0.25) is 0 Å². The van der Waals surface area contributed by atoms with E-state index in [9.17, 15) is 8.42 Å². The number of hydrogen-bond acceptors (Lipinski definition) is 6. The van der Waals surface area contributed by atoms with Gasteiger partial charge < -0.3 is 9.88 Å². The molecule has 0 bridgehead atoms. The van der Waals surface area contributed by atoms with Crippen molar-refractivity contribution in [1.82, 2.24) is 23.8 Å². The minimum Gasteiger partial charge on any atom is -0.339 e. The predicted octanol–water partition coefficient (Wildman–Crippen LogP) is 2.79. The topological polar surface area (TPSA) is 93.0 Å². The van der Waals surface area contributed by atoms with Gasteiger partial charge in [-0.15, -0.1) is 0 Å². The van der Waals surface area contributed by atoms with E-state index in [0.29, 0.717) is 12.4 Å². The highest BCUT2D eigenvalue weighted by Crippen LogP contribution is 2.35. The molecule has 0 aromatic carbocycles. The number of hydrogen-bond donors (Lipinski definition) is 1. The van der Waals surface area contributed by atoms with Crippen LogP contribution in [-0.4, -0.2) is 38.8 Å². The molecule has 0 radical (unpaired) electrons. The molecule has 3 aromatic heterocycles. The molecule has 28 heavy (non-hydrogen) atoms. The van der Waals surface area contributed by atoms with Gasteiger partial charge in [0.2, 0.25) is 0 Å². The van der Waals surface area contributed by atoms with Crippen LogP contribution in [0.15, 0.2) is 54.1 Å². The Hall–Kier alpha value is -2.78. The van der Waals surface area contributed by atoms with Gasteiger partial charge in [0.1, 0.15) is 11.6 Å². The van der Waals surface area contributed by atoms with Crippen LogP contribution in [0.3, 0.4) is 0 Å². The zero-order chi connectivity index (χ0) is 19.7. The Labute approximate surface area is 164 Å². The third kappa shape index (κ3) is 3.50. The van der Waals surface area contributed by atoms with Gasteiger partial charge in [-0.25, -0.2) is 23.4 Å². The van der Waals surface area contributed by atoms with Crippen LogP contribution in [-0.2, 0) is 17.1 Å². The molecule has 1 atom stereocenters. The van der Waals surface area contributed by atoms with Crippen molar-refractivity contribution in [1.29, 1.82) is 0 Å². The lowest BCUT2D eigenvalue weighted by Crippen LogP contribution is -2.31. The van der Waals surface area contributed by atoms with Crippen LogP contribution in [0, 0.1) is 6.92 Å². The summed E-state index contributed by atoms with van der Waals surface area (Å²) in [5.41, 5.74) is 1.73. The molecule has 0 amide bonds. The lowest BCUT2D eigenvalue weighted by Gasteiger charge is -2.23. The van der Waals surface area contributed by atoms with Crippen LogP contribution in [0.25, 0.3) is 0 Å². The summed E-state index contributed by atoms with van der Waals surface area (Å²) >= 11 is 0. The maximum Gasteiger partial charge on any atom is 0.262 e. The smallest absolute Gasteiger partial charge is 0.262 e. The van der Waals surface area contributed by atoms with Crippen molar-refractivity contribution in [3.05, 3.63) is 60.3 Å². The lowest BCUT2D eigenvalue weighted by molar-refractivity contribution is 0.389. The van der Waals surface area contributed by atoms with Crippen molar-refractivity contribution < 1.29 is 8.42 Å². The molecule has 8 nitrogen and oxygen atoms in total. The summed E-state index contributed by atoms with van der Waals surface area (Å²) in [6.45, 7) is 2.43. The average molecular weight is 398 g/mol. The summed E-state index contributed by atoms with van der Waals surface area (Å²) in [7, 11) is -1.91. The number of imidazole rings is 1. The summed E-state index contributed by atoms with van der Waals surface area (Å²) in [6.07, 6.45) is 6.26. The summed E-state index contributed by atoms with van der Waals surface area (Å²) in [4.78, 5) is 13.0. The molecule has 1 N–H and O–H groups in total. The highest BCUT2D eigenvalue weighted by Gasteiger charge is 2.38. The maximum atomic E-state index is 13.0. The van der Waals surface area contributed by atoms with Gasteiger partial charge in [-0.1, -0.05) is 12.1 Å². The Morgan fingerprint density at radius 3 is 2.79 bits per heavy atom. The zero-order valence-electron chi connectivity index (χ0n) is 15.8. The van der Waals surface area contributed by atoms with Gasteiger partial charge in [0, 0.05) is 26.0 Å². The second-order valence-electron chi connectivity index (χ2n) is 6.89. The maximum absolute atomic E-state index is 13.0. The number of nitrogens with zero attached hydrogens (tertiary/aromatic N) is 5. The molecule has 0 saturated carbocycles. The normalized spacial score (nSPS) is 17.7. The van der Waals surface area contributed by atoms with Crippen LogP contribution in [0.1, 0.15) is 30.1 Å². The fourth-order valence-electron chi connectivity index (χ4n) is 3.41. The van der Waals surface area contributed by atoms with Gasteiger partial charge in [0.05, 0.1) is 18.1 Å². The average Bonchev–Trinajstić information content (AvgIpc) is 3.34. The van der Waals surface area contributed by atoms with E-state index in [1.807, 2.05) is 37.3 Å². The van der Waals surface area contributed by atoms with Crippen molar-refractivity contribution >= 4 is 21.7 Å². The molecule has 1 aliphatic rings. The number of pyridine rings is 2. The predicted molar refractivity (Wildman–Crippen MR) is 106 cm³/mol. The van der Waals surface area contributed by atoms with Gasteiger partial charge in [0.15, 0.2) is 5.03 Å². The molecule has 1 saturated heterocycles. The number of aromatic nitrogens is 4. The van der Waals surface area contributed by atoms with E-state index >= 15 is 0 Å². The third-order valence-electron chi connectivity index (χ3n) is 4.83. The van der Waals surface area contributed by atoms with E-state index in [1.165, 1.54) is 16.8 Å². The first kappa shape index (κ1) is 18.6. The first-order chi connectivity index (χ1) is 13.4. The summed E-state index contributed by atoms with van der Waals surface area (Å²) in [5, 5.41) is 3.29. The Kier molecular flexibility index (Phi) is 4.86.